The molecule has 1 atom stereocenters. The second-order valence-corrected chi connectivity index (χ2v) is 5.69. The minimum Gasteiger partial charge on any atom is -0.389 e. The van der Waals surface area contributed by atoms with Crippen molar-refractivity contribution in [3.63, 3.8) is 0 Å². The van der Waals surface area contributed by atoms with Gasteiger partial charge in [0.15, 0.2) is 0 Å². The Morgan fingerprint density at radius 2 is 1.81 bits per heavy atom. The normalized spacial score (nSPS) is 18.8. The van der Waals surface area contributed by atoms with E-state index in [-0.39, 0.29) is 0 Å². The molecule has 2 nitrogen and oxygen atoms in total. The van der Waals surface area contributed by atoms with Gasteiger partial charge in [-0.25, -0.2) is 0 Å². The fourth-order valence-electron chi connectivity index (χ4n) is 2.53. The molecular weight excluding hydrogens is 198 g/mol. The lowest BCUT2D eigenvalue weighted by atomic mass is 9.92. The average Bonchev–Trinajstić information content (AvgIpc) is 3.00. The summed E-state index contributed by atoms with van der Waals surface area (Å²) in [6.45, 7) is 7.31. The molecule has 96 valence electrons. The van der Waals surface area contributed by atoms with E-state index in [4.69, 9.17) is 0 Å². The van der Waals surface area contributed by atoms with Crippen LogP contribution in [-0.4, -0.2) is 23.3 Å². The number of hydrogen-bond donors (Lipinski definition) is 2. The van der Waals surface area contributed by atoms with E-state index in [1.165, 1.54) is 19.3 Å². The maximum Gasteiger partial charge on any atom is 0.0771 e. The third-order valence-electron chi connectivity index (χ3n) is 3.59. The van der Waals surface area contributed by atoms with Crippen molar-refractivity contribution in [2.24, 2.45) is 5.92 Å². The van der Waals surface area contributed by atoms with Crippen LogP contribution in [0.5, 0.6) is 0 Å². The van der Waals surface area contributed by atoms with Crippen molar-refractivity contribution in [1.82, 2.24) is 5.32 Å². The van der Waals surface area contributed by atoms with Crippen LogP contribution in [0.4, 0.5) is 0 Å². The van der Waals surface area contributed by atoms with E-state index >= 15 is 0 Å². The Morgan fingerprint density at radius 3 is 2.25 bits per heavy atom. The van der Waals surface area contributed by atoms with Gasteiger partial charge in [0.25, 0.3) is 0 Å². The molecular formula is C14H29NO. The quantitative estimate of drug-likeness (QED) is 0.634. The largest absolute Gasteiger partial charge is 0.389 e. The van der Waals surface area contributed by atoms with Crippen LogP contribution in [-0.2, 0) is 0 Å². The summed E-state index contributed by atoms with van der Waals surface area (Å²) in [5.41, 5.74) is -0.471. The van der Waals surface area contributed by atoms with Crippen molar-refractivity contribution < 1.29 is 5.11 Å². The molecule has 1 rings (SSSR count). The summed E-state index contributed by atoms with van der Waals surface area (Å²) in [4.78, 5) is 0. The first-order valence-corrected chi connectivity index (χ1v) is 7.05. The van der Waals surface area contributed by atoms with Crippen molar-refractivity contribution in [2.45, 2.75) is 77.4 Å². The molecule has 16 heavy (non-hydrogen) atoms. The maximum atomic E-state index is 10.4. The summed E-state index contributed by atoms with van der Waals surface area (Å²) >= 11 is 0. The van der Waals surface area contributed by atoms with Crippen LogP contribution < -0.4 is 5.32 Å². The Kier molecular flexibility index (Phi) is 5.77. The minimum absolute atomic E-state index is 0.471. The highest BCUT2D eigenvalue weighted by Crippen LogP contribution is 2.33. The summed E-state index contributed by atoms with van der Waals surface area (Å²) in [5, 5.41) is 14.0. The molecule has 0 aromatic heterocycles. The van der Waals surface area contributed by atoms with Gasteiger partial charge in [-0.15, -0.1) is 0 Å². The van der Waals surface area contributed by atoms with Crippen LogP contribution in [0.3, 0.4) is 0 Å². The molecule has 0 spiro atoms. The summed E-state index contributed by atoms with van der Waals surface area (Å²) in [6.07, 6.45) is 8.09. The molecule has 1 aliphatic carbocycles. The molecule has 1 saturated carbocycles. The lowest BCUT2D eigenvalue weighted by Crippen LogP contribution is -2.43. The first kappa shape index (κ1) is 14.0. The number of rotatable bonds is 9. The van der Waals surface area contributed by atoms with Crippen molar-refractivity contribution >= 4 is 0 Å². The van der Waals surface area contributed by atoms with Gasteiger partial charge in [0.2, 0.25) is 0 Å². The highest BCUT2D eigenvalue weighted by Gasteiger charge is 2.27. The van der Waals surface area contributed by atoms with Crippen LogP contribution in [0.1, 0.15) is 65.7 Å². The molecule has 0 bridgehead atoms. The van der Waals surface area contributed by atoms with Crippen molar-refractivity contribution in [2.75, 3.05) is 6.54 Å². The van der Waals surface area contributed by atoms with E-state index < -0.39 is 5.60 Å². The van der Waals surface area contributed by atoms with Crippen molar-refractivity contribution in [3.05, 3.63) is 0 Å². The molecule has 0 aliphatic heterocycles. The maximum absolute atomic E-state index is 10.4. The van der Waals surface area contributed by atoms with E-state index in [9.17, 15) is 5.11 Å². The SMILES string of the molecule is CCCC(O)(CCC)CNC(C)CC1CC1. The topological polar surface area (TPSA) is 32.3 Å². The average molecular weight is 227 g/mol. The van der Waals surface area contributed by atoms with Gasteiger partial charge in [0.1, 0.15) is 0 Å². The number of nitrogens with one attached hydrogen (secondary N) is 1. The fraction of sp³-hybridized carbons (Fsp3) is 1.00. The molecule has 1 fully saturated rings. The first-order chi connectivity index (χ1) is 7.59. The van der Waals surface area contributed by atoms with Crippen LogP contribution in [0.25, 0.3) is 0 Å². The number of hydrogen-bond acceptors (Lipinski definition) is 2. The van der Waals surface area contributed by atoms with Crippen LogP contribution in [0.2, 0.25) is 0 Å². The van der Waals surface area contributed by atoms with Crippen LogP contribution >= 0.6 is 0 Å². The van der Waals surface area contributed by atoms with Crippen molar-refractivity contribution in [1.29, 1.82) is 0 Å². The summed E-state index contributed by atoms with van der Waals surface area (Å²) in [7, 11) is 0. The predicted molar refractivity (Wildman–Crippen MR) is 69.6 cm³/mol. The third kappa shape index (κ3) is 5.31. The molecule has 0 heterocycles. The monoisotopic (exact) mass is 227 g/mol. The molecule has 0 saturated heterocycles. The Hall–Kier alpha value is -0.0800. The standard InChI is InChI=1S/C14H29NO/c1-4-8-14(16,9-5-2)11-15-12(3)10-13-6-7-13/h12-13,15-16H,4-11H2,1-3H3. The first-order valence-electron chi connectivity index (χ1n) is 7.05. The highest BCUT2D eigenvalue weighted by molar-refractivity contribution is 4.83. The van der Waals surface area contributed by atoms with Gasteiger partial charge in [0, 0.05) is 12.6 Å². The molecule has 2 heteroatoms. The summed E-state index contributed by atoms with van der Waals surface area (Å²) < 4.78 is 0. The highest BCUT2D eigenvalue weighted by atomic mass is 16.3. The number of aliphatic hydroxyl groups is 1. The fourth-order valence-corrected chi connectivity index (χ4v) is 2.53. The Labute approximate surface area is 101 Å². The van der Waals surface area contributed by atoms with Gasteiger partial charge in [-0.05, 0) is 32.1 Å². The predicted octanol–water partition coefficient (Wildman–Crippen LogP) is 3.10. The van der Waals surface area contributed by atoms with E-state index in [1.807, 2.05) is 0 Å². The molecule has 1 aliphatic rings. The summed E-state index contributed by atoms with van der Waals surface area (Å²) in [6, 6.07) is 0.563. The third-order valence-corrected chi connectivity index (χ3v) is 3.59. The smallest absolute Gasteiger partial charge is 0.0771 e. The van der Waals surface area contributed by atoms with Gasteiger partial charge in [-0.3, -0.25) is 0 Å². The van der Waals surface area contributed by atoms with Gasteiger partial charge >= 0.3 is 0 Å². The minimum atomic E-state index is -0.471. The zero-order valence-corrected chi connectivity index (χ0v) is 11.3. The second kappa shape index (κ2) is 6.61. The molecule has 2 N–H and O–H groups in total. The Bertz CT molecular complexity index is 183. The molecule has 0 aromatic carbocycles. The lowest BCUT2D eigenvalue weighted by molar-refractivity contribution is 0.0193. The molecule has 0 amide bonds. The van der Waals surface area contributed by atoms with Crippen molar-refractivity contribution in [3.8, 4) is 0 Å². The zero-order chi connectivity index (χ0) is 12.0. The van der Waals surface area contributed by atoms with Gasteiger partial charge < -0.3 is 10.4 Å². The second-order valence-electron chi connectivity index (χ2n) is 5.69. The molecule has 1 unspecified atom stereocenters. The summed E-state index contributed by atoms with van der Waals surface area (Å²) in [5.74, 6) is 0.966. The van der Waals surface area contributed by atoms with Gasteiger partial charge in [-0.1, -0.05) is 39.5 Å². The van der Waals surface area contributed by atoms with Gasteiger partial charge in [-0.2, -0.15) is 0 Å². The Morgan fingerprint density at radius 1 is 1.25 bits per heavy atom. The molecule has 0 aromatic rings. The van der Waals surface area contributed by atoms with E-state index in [2.05, 4.69) is 26.1 Å². The Balaban J connectivity index is 2.23. The van der Waals surface area contributed by atoms with E-state index in [0.717, 1.165) is 38.1 Å². The van der Waals surface area contributed by atoms with Gasteiger partial charge in [0.05, 0.1) is 5.60 Å². The van der Waals surface area contributed by atoms with E-state index in [0.29, 0.717) is 6.04 Å². The van der Waals surface area contributed by atoms with E-state index in [1.54, 1.807) is 0 Å². The molecule has 0 radical (unpaired) electrons. The lowest BCUT2D eigenvalue weighted by Gasteiger charge is -2.29. The zero-order valence-electron chi connectivity index (χ0n) is 11.3. The van der Waals surface area contributed by atoms with Crippen LogP contribution in [0.15, 0.2) is 0 Å². The van der Waals surface area contributed by atoms with Crippen LogP contribution in [0, 0.1) is 5.92 Å².